The van der Waals surface area contributed by atoms with Crippen LogP contribution in [0.1, 0.15) is 20.8 Å². The maximum atomic E-state index is 12.2. The first-order chi connectivity index (χ1) is 8.16. The van der Waals surface area contributed by atoms with Gasteiger partial charge in [0, 0.05) is 13.1 Å². The molecule has 1 aromatic rings. The van der Waals surface area contributed by atoms with Crippen LogP contribution in [-0.2, 0) is 10.0 Å². The zero-order valence-electron chi connectivity index (χ0n) is 10.7. The first kappa shape index (κ1) is 14.8. The minimum Gasteiger partial charge on any atom is -0.389 e. The van der Waals surface area contributed by atoms with E-state index in [1.165, 1.54) is 4.31 Å². The Balaban J connectivity index is 3.07. The van der Waals surface area contributed by atoms with Crippen LogP contribution in [0.3, 0.4) is 0 Å². The van der Waals surface area contributed by atoms with E-state index in [1.54, 1.807) is 20.8 Å². The van der Waals surface area contributed by atoms with Crippen LogP contribution in [-0.4, -0.2) is 46.5 Å². The normalized spacial score (nSPS) is 12.9. The lowest BCUT2D eigenvalue weighted by Crippen LogP contribution is -2.42. The lowest BCUT2D eigenvalue weighted by atomic mass is 10.1. The Kier molecular flexibility index (Phi) is 4.25. The molecule has 7 nitrogen and oxygen atoms in total. The number of anilines is 1. The van der Waals surface area contributed by atoms with E-state index in [9.17, 15) is 13.5 Å². The molecule has 0 saturated carbocycles. The Bertz CT molecular complexity index is 493. The summed E-state index contributed by atoms with van der Waals surface area (Å²) in [7, 11) is -3.71. The highest BCUT2D eigenvalue weighted by Gasteiger charge is 2.28. The lowest BCUT2D eigenvalue weighted by Gasteiger charge is -2.27. The monoisotopic (exact) mass is 274 g/mol. The van der Waals surface area contributed by atoms with E-state index in [1.807, 2.05) is 0 Å². The molecular weight excluding hydrogens is 256 g/mol. The van der Waals surface area contributed by atoms with Crippen LogP contribution in [0.25, 0.3) is 0 Å². The van der Waals surface area contributed by atoms with E-state index >= 15 is 0 Å². The number of hydrogen-bond acceptors (Lipinski definition) is 6. The molecule has 0 fully saturated rings. The topological polar surface area (TPSA) is 109 Å². The van der Waals surface area contributed by atoms with Gasteiger partial charge in [-0.2, -0.15) is 4.31 Å². The van der Waals surface area contributed by atoms with Gasteiger partial charge in [-0.3, -0.25) is 0 Å². The molecule has 0 aliphatic carbocycles. The van der Waals surface area contributed by atoms with Gasteiger partial charge in [-0.1, -0.05) is 6.92 Å². The summed E-state index contributed by atoms with van der Waals surface area (Å²) in [6.45, 7) is 5.03. The number of rotatable bonds is 5. The van der Waals surface area contributed by atoms with E-state index < -0.39 is 15.6 Å². The molecule has 3 N–H and O–H groups in total. The second kappa shape index (κ2) is 5.17. The number of likely N-dealkylation sites (N-methyl/N-ethyl adjacent to an activating group) is 1. The zero-order chi connectivity index (χ0) is 14.0. The second-order valence-corrected chi connectivity index (χ2v) is 6.46. The van der Waals surface area contributed by atoms with E-state index in [0.29, 0.717) is 0 Å². The first-order valence-corrected chi connectivity index (χ1v) is 6.91. The molecule has 1 heterocycles. The largest absolute Gasteiger partial charge is 0.389 e. The summed E-state index contributed by atoms with van der Waals surface area (Å²) in [5, 5.41) is 9.72. The molecule has 18 heavy (non-hydrogen) atoms. The predicted octanol–water partition coefficient (Wildman–Crippen LogP) is -0.160. The molecule has 102 valence electrons. The van der Waals surface area contributed by atoms with Crippen molar-refractivity contribution in [3.63, 3.8) is 0 Å². The molecule has 0 amide bonds. The Morgan fingerprint density at radius 1 is 1.39 bits per heavy atom. The molecule has 0 aromatic carbocycles. The van der Waals surface area contributed by atoms with Crippen molar-refractivity contribution in [2.24, 2.45) is 0 Å². The zero-order valence-corrected chi connectivity index (χ0v) is 11.5. The van der Waals surface area contributed by atoms with E-state index in [2.05, 4.69) is 9.97 Å². The molecule has 0 saturated heterocycles. The van der Waals surface area contributed by atoms with Gasteiger partial charge in [0.15, 0.2) is 0 Å². The van der Waals surface area contributed by atoms with Gasteiger partial charge in [0.2, 0.25) is 16.0 Å². The maximum Gasteiger partial charge on any atom is 0.246 e. The minimum absolute atomic E-state index is 0.00376. The highest BCUT2D eigenvalue weighted by molar-refractivity contribution is 7.89. The molecule has 0 radical (unpaired) electrons. The molecule has 0 atom stereocenters. The average Bonchev–Trinajstić information content (AvgIpc) is 2.25. The van der Waals surface area contributed by atoms with E-state index in [4.69, 9.17) is 5.73 Å². The van der Waals surface area contributed by atoms with Crippen LogP contribution in [0.5, 0.6) is 0 Å². The molecule has 8 heteroatoms. The average molecular weight is 274 g/mol. The molecule has 0 unspecified atom stereocenters. The van der Waals surface area contributed by atoms with Gasteiger partial charge in [-0.25, -0.2) is 18.4 Å². The summed E-state index contributed by atoms with van der Waals surface area (Å²) in [6.07, 6.45) is 2.31. The van der Waals surface area contributed by atoms with Crippen molar-refractivity contribution in [1.29, 1.82) is 0 Å². The lowest BCUT2D eigenvalue weighted by molar-refractivity contribution is 0.0601. The van der Waals surface area contributed by atoms with Gasteiger partial charge in [-0.15, -0.1) is 0 Å². The minimum atomic E-state index is -3.71. The highest BCUT2D eigenvalue weighted by Crippen LogP contribution is 2.16. The second-order valence-electron chi connectivity index (χ2n) is 4.52. The van der Waals surface area contributed by atoms with Gasteiger partial charge in [0.25, 0.3) is 0 Å². The van der Waals surface area contributed by atoms with Gasteiger partial charge in [-0.05, 0) is 13.8 Å². The van der Waals surface area contributed by atoms with E-state index in [-0.39, 0.29) is 23.9 Å². The quantitative estimate of drug-likeness (QED) is 0.772. The van der Waals surface area contributed by atoms with Gasteiger partial charge < -0.3 is 10.8 Å². The van der Waals surface area contributed by atoms with Crippen LogP contribution in [0.15, 0.2) is 17.3 Å². The molecule has 1 rings (SSSR count). The number of nitrogen functional groups attached to an aromatic ring is 1. The molecule has 0 aliphatic heterocycles. The Hall–Kier alpha value is -1.25. The molecule has 0 spiro atoms. The summed E-state index contributed by atoms with van der Waals surface area (Å²) >= 11 is 0. The predicted molar refractivity (Wildman–Crippen MR) is 67.2 cm³/mol. The first-order valence-electron chi connectivity index (χ1n) is 5.47. The van der Waals surface area contributed by atoms with Crippen molar-refractivity contribution in [1.82, 2.24) is 14.3 Å². The molecule has 1 aromatic heterocycles. The number of aliphatic hydroxyl groups is 1. The van der Waals surface area contributed by atoms with Crippen LogP contribution >= 0.6 is 0 Å². The maximum absolute atomic E-state index is 12.2. The Labute approximate surface area is 107 Å². The van der Waals surface area contributed by atoms with Gasteiger partial charge in [0.1, 0.15) is 4.90 Å². The standard InChI is InChI=1S/C10H18N4O3S/c1-4-14(7-10(2,3)15)18(16,17)8-5-12-9(11)13-6-8/h5-6,15H,4,7H2,1-3H3,(H2,11,12,13). The summed E-state index contributed by atoms with van der Waals surface area (Å²) in [6, 6.07) is 0. The summed E-state index contributed by atoms with van der Waals surface area (Å²) in [4.78, 5) is 7.27. The van der Waals surface area contributed by atoms with Crippen LogP contribution in [0.4, 0.5) is 5.95 Å². The highest BCUT2D eigenvalue weighted by atomic mass is 32.2. The number of aromatic nitrogens is 2. The third kappa shape index (κ3) is 3.62. The van der Waals surface area contributed by atoms with Crippen molar-refractivity contribution in [3.05, 3.63) is 12.4 Å². The molecular formula is C10H18N4O3S. The fraction of sp³-hybridized carbons (Fsp3) is 0.600. The Morgan fingerprint density at radius 3 is 2.28 bits per heavy atom. The summed E-state index contributed by atoms with van der Waals surface area (Å²) in [5.74, 6) is 0.0134. The SMILES string of the molecule is CCN(CC(C)(C)O)S(=O)(=O)c1cnc(N)nc1. The molecule has 0 aliphatic rings. The number of nitrogens with two attached hydrogens (primary N) is 1. The van der Waals surface area contributed by atoms with Crippen molar-refractivity contribution >= 4 is 16.0 Å². The Morgan fingerprint density at radius 2 is 1.89 bits per heavy atom. The van der Waals surface area contributed by atoms with Crippen molar-refractivity contribution in [2.75, 3.05) is 18.8 Å². The van der Waals surface area contributed by atoms with Crippen LogP contribution < -0.4 is 5.73 Å². The number of hydrogen-bond donors (Lipinski definition) is 2. The van der Waals surface area contributed by atoms with Gasteiger partial charge in [0.05, 0.1) is 18.0 Å². The van der Waals surface area contributed by atoms with Crippen molar-refractivity contribution < 1.29 is 13.5 Å². The summed E-state index contributed by atoms with van der Waals surface area (Å²) < 4.78 is 25.7. The molecule has 0 bridgehead atoms. The van der Waals surface area contributed by atoms with Crippen LogP contribution in [0.2, 0.25) is 0 Å². The van der Waals surface area contributed by atoms with Crippen molar-refractivity contribution in [3.8, 4) is 0 Å². The number of sulfonamides is 1. The van der Waals surface area contributed by atoms with E-state index in [0.717, 1.165) is 12.4 Å². The smallest absolute Gasteiger partial charge is 0.246 e. The summed E-state index contributed by atoms with van der Waals surface area (Å²) in [5.41, 5.74) is 4.20. The fourth-order valence-corrected chi connectivity index (χ4v) is 2.90. The van der Waals surface area contributed by atoms with Crippen LogP contribution in [0, 0.1) is 0 Å². The fourth-order valence-electron chi connectivity index (χ4n) is 1.41. The number of nitrogens with zero attached hydrogens (tertiary/aromatic N) is 3. The third-order valence-corrected chi connectivity index (χ3v) is 4.08. The van der Waals surface area contributed by atoms with Gasteiger partial charge >= 0.3 is 0 Å². The third-order valence-electron chi connectivity index (χ3n) is 2.20. The van der Waals surface area contributed by atoms with Crippen molar-refractivity contribution in [2.45, 2.75) is 31.3 Å².